The van der Waals surface area contributed by atoms with Crippen molar-refractivity contribution in [1.82, 2.24) is 0 Å². The Morgan fingerprint density at radius 2 is 1.75 bits per heavy atom. The molecule has 2 aromatic rings. The van der Waals surface area contributed by atoms with Crippen molar-refractivity contribution in [3.63, 3.8) is 0 Å². The van der Waals surface area contributed by atoms with Gasteiger partial charge < -0.3 is 10.2 Å². The van der Waals surface area contributed by atoms with Gasteiger partial charge in [0.25, 0.3) is 5.91 Å². The summed E-state index contributed by atoms with van der Waals surface area (Å²) < 4.78 is 0. The van der Waals surface area contributed by atoms with E-state index in [1.54, 1.807) is 11.8 Å². The third kappa shape index (κ3) is 3.93. The van der Waals surface area contributed by atoms with E-state index in [9.17, 15) is 4.79 Å². The summed E-state index contributed by atoms with van der Waals surface area (Å²) in [6, 6.07) is 14.2. The third-order valence-electron chi connectivity index (χ3n) is 4.54. The van der Waals surface area contributed by atoms with Gasteiger partial charge in [-0.1, -0.05) is 6.07 Å². The Morgan fingerprint density at radius 3 is 2.42 bits per heavy atom. The van der Waals surface area contributed by atoms with Crippen molar-refractivity contribution in [3.8, 4) is 0 Å². The van der Waals surface area contributed by atoms with E-state index >= 15 is 0 Å². The van der Waals surface area contributed by atoms with Crippen molar-refractivity contribution in [2.75, 3.05) is 29.6 Å². The van der Waals surface area contributed by atoms with Gasteiger partial charge in [-0.15, -0.1) is 11.8 Å². The molecule has 3 rings (SSSR count). The molecule has 2 aromatic carbocycles. The summed E-state index contributed by atoms with van der Waals surface area (Å²) in [6.45, 7) is 4.23. The summed E-state index contributed by atoms with van der Waals surface area (Å²) in [4.78, 5) is 16.1. The molecule has 0 unspecified atom stereocenters. The summed E-state index contributed by atoms with van der Waals surface area (Å²) in [7, 11) is 0. The van der Waals surface area contributed by atoms with Crippen LogP contribution in [0.15, 0.2) is 47.4 Å². The Morgan fingerprint density at radius 1 is 1.04 bits per heavy atom. The van der Waals surface area contributed by atoms with Gasteiger partial charge in [0.15, 0.2) is 0 Å². The van der Waals surface area contributed by atoms with Crippen molar-refractivity contribution in [1.29, 1.82) is 0 Å². The number of thioether (sulfide) groups is 1. The summed E-state index contributed by atoms with van der Waals surface area (Å²) >= 11 is 1.65. The first-order valence-corrected chi connectivity index (χ1v) is 9.71. The first-order chi connectivity index (χ1) is 11.7. The van der Waals surface area contributed by atoms with E-state index in [0.29, 0.717) is 0 Å². The Kier molecular flexibility index (Phi) is 5.46. The molecule has 0 spiro atoms. The molecule has 0 radical (unpaired) electrons. The van der Waals surface area contributed by atoms with E-state index in [-0.39, 0.29) is 5.91 Å². The van der Waals surface area contributed by atoms with Crippen LogP contribution < -0.4 is 10.2 Å². The van der Waals surface area contributed by atoms with Gasteiger partial charge in [0.2, 0.25) is 0 Å². The van der Waals surface area contributed by atoms with Crippen LogP contribution in [-0.2, 0) is 0 Å². The summed E-state index contributed by atoms with van der Waals surface area (Å²) in [6.07, 6.45) is 5.89. The first kappa shape index (κ1) is 16.9. The summed E-state index contributed by atoms with van der Waals surface area (Å²) in [5, 5.41) is 3.01. The van der Waals surface area contributed by atoms with Crippen LogP contribution in [0.25, 0.3) is 0 Å². The molecule has 0 aromatic heterocycles. The lowest BCUT2D eigenvalue weighted by molar-refractivity contribution is 0.102. The maximum absolute atomic E-state index is 12.6. The fourth-order valence-corrected chi connectivity index (χ4v) is 3.52. The van der Waals surface area contributed by atoms with Gasteiger partial charge in [-0.2, -0.15) is 0 Å². The number of carbonyl (C=O) groups excluding carboxylic acids is 1. The highest BCUT2D eigenvalue weighted by Crippen LogP contribution is 2.23. The van der Waals surface area contributed by atoms with Gasteiger partial charge in [-0.3, -0.25) is 4.79 Å². The molecule has 1 N–H and O–H groups in total. The first-order valence-electron chi connectivity index (χ1n) is 8.48. The second kappa shape index (κ2) is 7.75. The van der Waals surface area contributed by atoms with Crippen LogP contribution in [0.3, 0.4) is 0 Å². The number of hydrogen-bond acceptors (Lipinski definition) is 3. The molecule has 4 heteroatoms. The Labute approximate surface area is 148 Å². The molecule has 1 aliphatic rings. The SMILES string of the molecule is CSc1ccc(C)c(C(=O)Nc2ccc(N3CCCCC3)cc2)c1. The molecule has 0 atom stereocenters. The van der Waals surface area contributed by atoms with Gasteiger partial charge in [0.1, 0.15) is 0 Å². The number of aryl methyl sites for hydroxylation is 1. The molecule has 1 amide bonds. The number of carbonyl (C=O) groups is 1. The monoisotopic (exact) mass is 340 g/mol. The summed E-state index contributed by atoms with van der Waals surface area (Å²) in [5.41, 5.74) is 3.82. The molecule has 126 valence electrons. The lowest BCUT2D eigenvalue weighted by atomic mass is 10.1. The van der Waals surface area contributed by atoms with Crippen molar-refractivity contribution in [3.05, 3.63) is 53.6 Å². The molecular weight excluding hydrogens is 316 g/mol. The molecule has 1 saturated heterocycles. The van der Waals surface area contributed by atoms with Crippen LogP contribution in [0.5, 0.6) is 0 Å². The van der Waals surface area contributed by atoms with Gasteiger partial charge in [0, 0.05) is 34.9 Å². The van der Waals surface area contributed by atoms with Crippen LogP contribution in [0.2, 0.25) is 0 Å². The minimum absolute atomic E-state index is 0.0471. The second-order valence-corrected chi connectivity index (χ2v) is 7.11. The van der Waals surface area contributed by atoms with Gasteiger partial charge in [-0.25, -0.2) is 0 Å². The Bertz CT molecular complexity index is 706. The maximum Gasteiger partial charge on any atom is 0.255 e. The molecule has 1 aliphatic heterocycles. The van der Waals surface area contributed by atoms with Crippen molar-refractivity contribution in [2.24, 2.45) is 0 Å². The fraction of sp³-hybridized carbons (Fsp3) is 0.350. The minimum Gasteiger partial charge on any atom is -0.372 e. The van der Waals surface area contributed by atoms with Gasteiger partial charge >= 0.3 is 0 Å². The van der Waals surface area contributed by atoms with Crippen LogP contribution in [0.1, 0.15) is 35.2 Å². The largest absolute Gasteiger partial charge is 0.372 e. The maximum atomic E-state index is 12.6. The van der Waals surface area contributed by atoms with Crippen LogP contribution in [0, 0.1) is 6.92 Å². The standard InChI is InChI=1S/C20H24N2OS/c1-15-6-11-18(24-2)14-19(15)20(23)21-16-7-9-17(10-8-16)22-12-4-3-5-13-22/h6-11,14H,3-5,12-13H2,1-2H3,(H,21,23). The molecule has 0 aliphatic carbocycles. The average Bonchev–Trinajstić information content (AvgIpc) is 2.63. The molecule has 3 nitrogen and oxygen atoms in total. The van der Waals surface area contributed by atoms with E-state index in [0.717, 1.165) is 34.8 Å². The van der Waals surface area contributed by atoms with Crippen LogP contribution in [0.4, 0.5) is 11.4 Å². The number of piperidine rings is 1. The Hall–Kier alpha value is -1.94. The van der Waals surface area contributed by atoms with Crippen molar-refractivity contribution >= 4 is 29.0 Å². The highest BCUT2D eigenvalue weighted by molar-refractivity contribution is 7.98. The number of nitrogens with one attached hydrogen (secondary N) is 1. The number of benzene rings is 2. The second-order valence-electron chi connectivity index (χ2n) is 6.23. The van der Waals surface area contributed by atoms with Crippen molar-refractivity contribution in [2.45, 2.75) is 31.1 Å². The number of hydrogen-bond donors (Lipinski definition) is 1. The van der Waals surface area contributed by atoms with E-state index in [1.165, 1.54) is 24.9 Å². The number of anilines is 2. The van der Waals surface area contributed by atoms with Crippen LogP contribution >= 0.6 is 11.8 Å². The zero-order valence-corrected chi connectivity index (χ0v) is 15.2. The lowest BCUT2D eigenvalue weighted by Crippen LogP contribution is -2.29. The number of rotatable bonds is 4. The lowest BCUT2D eigenvalue weighted by Gasteiger charge is -2.28. The molecule has 0 saturated carbocycles. The average molecular weight is 340 g/mol. The van der Waals surface area contributed by atoms with Crippen LogP contribution in [-0.4, -0.2) is 25.3 Å². The highest BCUT2D eigenvalue weighted by Gasteiger charge is 2.12. The normalized spacial score (nSPS) is 14.5. The number of nitrogens with zero attached hydrogens (tertiary/aromatic N) is 1. The fourth-order valence-electron chi connectivity index (χ4n) is 3.08. The predicted octanol–water partition coefficient (Wildman–Crippen LogP) is 4.96. The zero-order chi connectivity index (χ0) is 16.9. The van der Waals surface area contributed by atoms with E-state index in [2.05, 4.69) is 22.3 Å². The predicted molar refractivity (Wildman–Crippen MR) is 103 cm³/mol. The molecule has 24 heavy (non-hydrogen) atoms. The Balaban J connectivity index is 1.70. The highest BCUT2D eigenvalue weighted by atomic mass is 32.2. The molecular formula is C20H24N2OS. The van der Waals surface area contributed by atoms with E-state index < -0.39 is 0 Å². The van der Waals surface area contributed by atoms with E-state index in [1.807, 2.05) is 43.5 Å². The number of amides is 1. The minimum atomic E-state index is -0.0471. The topological polar surface area (TPSA) is 32.3 Å². The van der Waals surface area contributed by atoms with Gasteiger partial charge in [-0.05, 0) is 74.4 Å². The van der Waals surface area contributed by atoms with Crippen molar-refractivity contribution < 1.29 is 4.79 Å². The molecule has 1 heterocycles. The molecule has 0 bridgehead atoms. The smallest absolute Gasteiger partial charge is 0.255 e. The zero-order valence-electron chi connectivity index (χ0n) is 14.3. The van der Waals surface area contributed by atoms with Gasteiger partial charge in [0.05, 0.1) is 0 Å². The third-order valence-corrected chi connectivity index (χ3v) is 5.26. The summed E-state index contributed by atoms with van der Waals surface area (Å²) in [5.74, 6) is -0.0471. The van der Waals surface area contributed by atoms with E-state index in [4.69, 9.17) is 0 Å². The molecule has 1 fully saturated rings. The quantitative estimate of drug-likeness (QED) is 0.799.